The maximum Gasteiger partial charge on any atom is 0.252 e. The number of benzene rings is 1. The molecule has 2 N–H and O–H groups in total. The largest absolute Gasteiger partial charge is 0.291 e. The Morgan fingerprint density at radius 3 is 2.65 bits per heavy atom. The number of aromatic nitrogens is 2. The van der Waals surface area contributed by atoms with E-state index >= 15 is 0 Å². The van der Waals surface area contributed by atoms with Gasteiger partial charge in [0, 0.05) is 6.07 Å². The molecular weight excluding hydrogens is 252 g/mol. The van der Waals surface area contributed by atoms with Crippen LogP contribution < -0.4 is 11.0 Å². The molecule has 104 valence electrons. The van der Waals surface area contributed by atoms with Crippen molar-refractivity contribution >= 4 is 12.2 Å². The molecule has 0 spiro atoms. The first-order valence-corrected chi connectivity index (χ1v) is 6.51. The van der Waals surface area contributed by atoms with E-state index in [0.717, 1.165) is 11.3 Å². The standard InChI is InChI=1S/C15H18N4O/c1-10(2)13-8-14(20)18-15(17-13)19-16-9-12-6-4-11(3)5-7-12/h4-10H,1-3H3,(H2,17,18,19,20)/b16-9-. The third-order valence-corrected chi connectivity index (χ3v) is 2.81. The topological polar surface area (TPSA) is 70.1 Å². The van der Waals surface area contributed by atoms with Crippen LogP contribution in [0.5, 0.6) is 0 Å². The molecule has 5 nitrogen and oxygen atoms in total. The summed E-state index contributed by atoms with van der Waals surface area (Å²) < 4.78 is 0. The van der Waals surface area contributed by atoms with Gasteiger partial charge in [0.05, 0.1) is 11.9 Å². The molecule has 0 radical (unpaired) electrons. The van der Waals surface area contributed by atoms with Gasteiger partial charge < -0.3 is 0 Å². The van der Waals surface area contributed by atoms with Crippen LogP contribution in [-0.2, 0) is 0 Å². The first-order valence-electron chi connectivity index (χ1n) is 6.51. The minimum absolute atomic E-state index is 0.184. The Morgan fingerprint density at radius 2 is 2.00 bits per heavy atom. The summed E-state index contributed by atoms with van der Waals surface area (Å²) in [7, 11) is 0. The zero-order valence-corrected chi connectivity index (χ0v) is 11.8. The Labute approximate surface area is 117 Å². The fourth-order valence-electron chi connectivity index (χ4n) is 1.65. The molecule has 0 aliphatic heterocycles. The van der Waals surface area contributed by atoms with E-state index < -0.39 is 0 Å². The molecule has 1 aromatic carbocycles. The van der Waals surface area contributed by atoms with E-state index in [2.05, 4.69) is 20.5 Å². The molecule has 0 bridgehead atoms. The molecule has 0 amide bonds. The number of nitrogens with one attached hydrogen (secondary N) is 2. The van der Waals surface area contributed by atoms with Gasteiger partial charge in [-0.05, 0) is 18.4 Å². The van der Waals surface area contributed by atoms with Crippen molar-refractivity contribution in [3.8, 4) is 0 Å². The summed E-state index contributed by atoms with van der Waals surface area (Å²) in [5, 5.41) is 4.08. The van der Waals surface area contributed by atoms with Crippen molar-refractivity contribution in [3.63, 3.8) is 0 Å². The summed E-state index contributed by atoms with van der Waals surface area (Å²) >= 11 is 0. The summed E-state index contributed by atoms with van der Waals surface area (Å²) in [6, 6.07) is 9.48. The van der Waals surface area contributed by atoms with Gasteiger partial charge in [-0.3, -0.25) is 9.78 Å². The number of hydrogen-bond acceptors (Lipinski definition) is 4. The van der Waals surface area contributed by atoms with E-state index in [0.29, 0.717) is 5.95 Å². The Morgan fingerprint density at radius 1 is 1.30 bits per heavy atom. The number of rotatable bonds is 4. The number of H-pyrrole nitrogens is 1. The third-order valence-electron chi connectivity index (χ3n) is 2.81. The van der Waals surface area contributed by atoms with Crippen molar-refractivity contribution in [2.45, 2.75) is 26.7 Å². The number of nitrogens with zero attached hydrogens (tertiary/aromatic N) is 2. The van der Waals surface area contributed by atoms with Crippen molar-refractivity contribution < 1.29 is 0 Å². The summed E-state index contributed by atoms with van der Waals surface area (Å²) in [5.74, 6) is 0.545. The first-order chi connectivity index (χ1) is 9.54. The van der Waals surface area contributed by atoms with Gasteiger partial charge in [0.15, 0.2) is 0 Å². The number of aromatic amines is 1. The van der Waals surface area contributed by atoms with Gasteiger partial charge in [0.1, 0.15) is 0 Å². The molecule has 0 atom stereocenters. The van der Waals surface area contributed by atoms with Gasteiger partial charge in [-0.2, -0.15) is 5.10 Å². The minimum Gasteiger partial charge on any atom is -0.291 e. The Hall–Kier alpha value is -2.43. The molecule has 2 aromatic rings. The highest BCUT2D eigenvalue weighted by Crippen LogP contribution is 2.10. The maximum atomic E-state index is 11.5. The fourth-order valence-corrected chi connectivity index (χ4v) is 1.65. The SMILES string of the molecule is Cc1ccc(/C=N\Nc2nc(C(C)C)cc(=O)[nH]2)cc1. The van der Waals surface area contributed by atoms with Crippen molar-refractivity contribution in [1.82, 2.24) is 9.97 Å². The normalized spacial score (nSPS) is 11.2. The summed E-state index contributed by atoms with van der Waals surface area (Å²) in [6.45, 7) is 6.01. The van der Waals surface area contributed by atoms with Crippen LogP contribution in [0.25, 0.3) is 0 Å². The quantitative estimate of drug-likeness (QED) is 0.663. The van der Waals surface area contributed by atoms with E-state index in [1.54, 1.807) is 6.21 Å². The Kier molecular flexibility index (Phi) is 4.30. The Balaban J connectivity index is 2.10. The van der Waals surface area contributed by atoms with Gasteiger partial charge in [-0.1, -0.05) is 43.7 Å². The van der Waals surface area contributed by atoms with Crippen LogP contribution >= 0.6 is 0 Å². The molecule has 0 aliphatic rings. The maximum absolute atomic E-state index is 11.5. The lowest BCUT2D eigenvalue weighted by atomic mass is 10.1. The predicted octanol–water partition coefficient (Wildman–Crippen LogP) is 2.65. The van der Waals surface area contributed by atoms with Crippen molar-refractivity contribution in [3.05, 3.63) is 57.5 Å². The number of aryl methyl sites for hydroxylation is 1. The van der Waals surface area contributed by atoms with Crippen LogP contribution in [0.3, 0.4) is 0 Å². The van der Waals surface area contributed by atoms with Gasteiger partial charge in [0.2, 0.25) is 5.95 Å². The van der Waals surface area contributed by atoms with E-state index in [9.17, 15) is 4.79 Å². The lowest BCUT2D eigenvalue weighted by Crippen LogP contribution is -2.12. The molecule has 2 rings (SSSR count). The molecule has 1 aromatic heterocycles. The molecule has 5 heteroatoms. The van der Waals surface area contributed by atoms with E-state index in [-0.39, 0.29) is 11.5 Å². The van der Waals surface area contributed by atoms with Gasteiger partial charge in [-0.15, -0.1) is 0 Å². The monoisotopic (exact) mass is 270 g/mol. The molecule has 0 fully saturated rings. The zero-order valence-electron chi connectivity index (χ0n) is 11.8. The number of hydrogen-bond donors (Lipinski definition) is 2. The van der Waals surface area contributed by atoms with Crippen LogP contribution in [0, 0.1) is 6.92 Å². The molecule has 20 heavy (non-hydrogen) atoms. The van der Waals surface area contributed by atoms with Crippen LogP contribution in [0.15, 0.2) is 40.2 Å². The van der Waals surface area contributed by atoms with Gasteiger partial charge in [0.25, 0.3) is 5.56 Å². The van der Waals surface area contributed by atoms with Gasteiger partial charge >= 0.3 is 0 Å². The predicted molar refractivity (Wildman–Crippen MR) is 81.3 cm³/mol. The van der Waals surface area contributed by atoms with Crippen LogP contribution in [0.2, 0.25) is 0 Å². The average Bonchev–Trinajstić information content (AvgIpc) is 2.40. The van der Waals surface area contributed by atoms with Crippen molar-refractivity contribution in [1.29, 1.82) is 0 Å². The lowest BCUT2D eigenvalue weighted by Gasteiger charge is -2.05. The van der Waals surface area contributed by atoms with Crippen molar-refractivity contribution in [2.24, 2.45) is 5.10 Å². The highest BCUT2D eigenvalue weighted by atomic mass is 16.1. The number of hydrazone groups is 1. The molecule has 0 unspecified atom stereocenters. The smallest absolute Gasteiger partial charge is 0.252 e. The van der Waals surface area contributed by atoms with Crippen LogP contribution in [0.1, 0.15) is 36.6 Å². The molecule has 1 heterocycles. The Bertz CT molecular complexity index is 656. The summed E-state index contributed by atoms with van der Waals surface area (Å²) in [4.78, 5) is 18.4. The summed E-state index contributed by atoms with van der Waals surface area (Å²) in [5.41, 5.74) is 5.48. The van der Waals surface area contributed by atoms with E-state index in [4.69, 9.17) is 0 Å². The second kappa shape index (κ2) is 6.14. The molecule has 0 saturated heterocycles. The number of anilines is 1. The van der Waals surface area contributed by atoms with Gasteiger partial charge in [-0.25, -0.2) is 10.4 Å². The fraction of sp³-hybridized carbons (Fsp3) is 0.267. The van der Waals surface area contributed by atoms with Crippen molar-refractivity contribution in [2.75, 3.05) is 5.43 Å². The van der Waals surface area contributed by atoms with E-state index in [1.165, 1.54) is 11.6 Å². The zero-order chi connectivity index (χ0) is 14.5. The lowest BCUT2D eigenvalue weighted by molar-refractivity contribution is 0.810. The molecular formula is C15H18N4O. The second-order valence-corrected chi connectivity index (χ2v) is 4.95. The second-order valence-electron chi connectivity index (χ2n) is 4.95. The molecule has 0 saturated carbocycles. The molecule has 0 aliphatic carbocycles. The third kappa shape index (κ3) is 3.78. The first kappa shape index (κ1) is 14.0. The minimum atomic E-state index is -0.184. The summed E-state index contributed by atoms with van der Waals surface area (Å²) in [6.07, 6.45) is 1.68. The van der Waals surface area contributed by atoms with Crippen LogP contribution in [-0.4, -0.2) is 16.2 Å². The highest BCUT2D eigenvalue weighted by molar-refractivity contribution is 5.80. The van der Waals surface area contributed by atoms with E-state index in [1.807, 2.05) is 45.0 Å². The average molecular weight is 270 g/mol. The van der Waals surface area contributed by atoms with Crippen LogP contribution in [0.4, 0.5) is 5.95 Å². The highest BCUT2D eigenvalue weighted by Gasteiger charge is 2.04.